The highest BCUT2D eigenvalue weighted by molar-refractivity contribution is 6.31. The third-order valence-corrected chi connectivity index (χ3v) is 5.91. The van der Waals surface area contributed by atoms with Gasteiger partial charge in [-0.3, -0.25) is 15.0 Å². The van der Waals surface area contributed by atoms with Crippen LogP contribution < -0.4 is 10.2 Å². The second-order valence-electron chi connectivity index (χ2n) is 8.27. The molecule has 1 aliphatic rings. The molecule has 184 valence electrons. The summed E-state index contributed by atoms with van der Waals surface area (Å²) >= 11 is 5.88. The molecule has 0 unspecified atom stereocenters. The lowest BCUT2D eigenvalue weighted by Crippen LogP contribution is -2.49. The Morgan fingerprint density at radius 2 is 1.78 bits per heavy atom. The maximum absolute atomic E-state index is 13.8. The zero-order valence-electron chi connectivity index (χ0n) is 19.6. The normalized spacial score (nSPS) is 14.2. The van der Waals surface area contributed by atoms with Crippen LogP contribution in [-0.4, -0.2) is 34.2 Å². The van der Waals surface area contributed by atoms with Crippen LogP contribution >= 0.6 is 11.6 Å². The molecule has 0 radical (unpaired) electrons. The number of fused-ring (bicyclic) bond motifs is 1. The van der Waals surface area contributed by atoms with E-state index in [1.165, 1.54) is 12.1 Å². The van der Waals surface area contributed by atoms with Gasteiger partial charge in [0.05, 0.1) is 10.5 Å². The third kappa shape index (κ3) is 5.19. The Kier molecular flexibility index (Phi) is 6.66. The number of benzene rings is 3. The van der Waals surface area contributed by atoms with E-state index in [-0.39, 0.29) is 22.4 Å². The van der Waals surface area contributed by atoms with Gasteiger partial charge in [-0.05, 0) is 36.3 Å². The molecule has 0 bridgehead atoms. The molecule has 0 saturated heterocycles. The summed E-state index contributed by atoms with van der Waals surface area (Å²) in [4.78, 5) is 34.8. The number of aromatic nitrogens is 1. The van der Waals surface area contributed by atoms with Crippen molar-refractivity contribution in [2.75, 3.05) is 6.61 Å². The molecule has 9 heteroatoms. The lowest BCUT2D eigenvalue weighted by atomic mass is 10.1. The van der Waals surface area contributed by atoms with Crippen molar-refractivity contribution < 1.29 is 18.7 Å². The van der Waals surface area contributed by atoms with E-state index in [9.17, 15) is 14.0 Å². The standard InChI is InChI=1S/C28H20ClFN4O3/c1-17-12-26(31-23-15-21(29)22(30)14-20(17)23)37-16-25(35)33-34-27(19-10-6-3-7-11-19)32-24(28(34)36)13-18-8-4-2-5-9-18/h2-15H,16H2,1H3,(H,33,35)/b24-13+. The number of ether oxygens (including phenoxy) is 1. The van der Waals surface area contributed by atoms with Crippen LogP contribution in [0.4, 0.5) is 4.39 Å². The fraction of sp³-hybridized carbons (Fsp3) is 0.0714. The Morgan fingerprint density at radius 1 is 1.08 bits per heavy atom. The highest BCUT2D eigenvalue weighted by atomic mass is 35.5. The third-order valence-electron chi connectivity index (χ3n) is 5.62. The van der Waals surface area contributed by atoms with E-state index in [1.807, 2.05) is 48.5 Å². The number of pyridine rings is 1. The fourth-order valence-corrected chi connectivity index (χ4v) is 4.00. The molecule has 5 rings (SSSR count). The highest BCUT2D eigenvalue weighted by Crippen LogP contribution is 2.27. The number of hydrogen-bond donors (Lipinski definition) is 1. The van der Waals surface area contributed by atoms with Crippen LogP contribution in [0.25, 0.3) is 17.0 Å². The maximum Gasteiger partial charge on any atom is 0.297 e. The van der Waals surface area contributed by atoms with Crippen LogP contribution in [0.3, 0.4) is 0 Å². The summed E-state index contributed by atoms with van der Waals surface area (Å²) in [5, 5.41) is 1.63. The van der Waals surface area contributed by atoms with E-state index in [0.29, 0.717) is 22.0 Å². The van der Waals surface area contributed by atoms with Gasteiger partial charge in [0.1, 0.15) is 11.5 Å². The monoisotopic (exact) mass is 514 g/mol. The minimum atomic E-state index is -0.588. The van der Waals surface area contributed by atoms with Crippen LogP contribution in [0.2, 0.25) is 5.02 Å². The first kappa shape index (κ1) is 24.1. The van der Waals surface area contributed by atoms with E-state index >= 15 is 0 Å². The summed E-state index contributed by atoms with van der Waals surface area (Å²) in [5.41, 5.74) is 5.37. The number of aryl methyl sites for hydroxylation is 1. The summed E-state index contributed by atoms with van der Waals surface area (Å²) in [6.45, 7) is 1.35. The highest BCUT2D eigenvalue weighted by Gasteiger charge is 2.32. The Hall–Kier alpha value is -4.56. The van der Waals surface area contributed by atoms with Crippen molar-refractivity contribution in [3.8, 4) is 5.88 Å². The number of nitrogens with one attached hydrogen (secondary N) is 1. The molecule has 4 aromatic rings. The quantitative estimate of drug-likeness (QED) is 0.364. The van der Waals surface area contributed by atoms with E-state index in [0.717, 1.165) is 10.6 Å². The van der Waals surface area contributed by atoms with Gasteiger partial charge in [-0.1, -0.05) is 72.3 Å². The summed E-state index contributed by atoms with van der Waals surface area (Å²) in [5.74, 6) is -1.16. The first-order valence-corrected chi connectivity index (χ1v) is 11.7. The summed E-state index contributed by atoms with van der Waals surface area (Å²) in [7, 11) is 0. The van der Waals surface area contributed by atoms with Crippen molar-refractivity contribution in [2.24, 2.45) is 4.99 Å². The van der Waals surface area contributed by atoms with Crippen molar-refractivity contribution in [3.63, 3.8) is 0 Å². The molecule has 0 saturated carbocycles. The molecule has 1 aliphatic heterocycles. The second-order valence-corrected chi connectivity index (χ2v) is 8.67. The number of carbonyl (C=O) groups is 2. The van der Waals surface area contributed by atoms with Gasteiger partial charge in [0.2, 0.25) is 5.88 Å². The topological polar surface area (TPSA) is 83.9 Å². The number of nitrogens with zero attached hydrogens (tertiary/aromatic N) is 3. The summed E-state index contributed by atoms with van der Waals surface area (Å²) < 4.78 is 19.4. The summed E-state index contributed by atoms with van der Waals surface area (Å²) in [6.07, 6.45) is 1.66. The van der Waals surface area contributed by atoms with Gasteiger partial charge in [-0.25, -0.2) is 14.4 Å². The van der Waals surface area contributed by atoms with Crippen LogP contribution in [0.15, 0.2) is 89.6 Å². The van der Waals surface area contributed by atoms with Crippen LogP contribution in [0.5, 0.6) is 5.88 Å². The zero-order valence-corrected chi connectivity index (χ0v) is 20.4. The molecule has 2 amide bonds. The number of amides is 2. The van der Waals surface area contributed by atoms with Crippen LogP contribution in [0, 0.1) is 12.7 Å². The van der Waals surface area contributed by atoms with E-state index in [4.69, 9.17) is 16.3 Å². The largest absolute Gasteiger partial charge is 0.467 e. The number of aliphatic imine (C=N–C) groups is 1. The minimum Gasteiger partial charge on any atom is -0.467 e. The number of hydrogen-bond acceptors (Lipinski definition) is 5. The van der Waals surface area contributed by atoms with E-state index < -0.39 is 24.2 Å². The molecular weight excluding hydrogens is 495 g/mol. The van der Waals surface area contributed by atoms with Gasteiger partial charge in [-0.2, -0.15) is 5.01 Å². The van der Waals surface area contributed by atoms with Gasteiger partial charge in [-0.15, -0.1) is 0 Å². The first-order valence-electron chi connectivity index (χ1n) is 11.3. The maximum atomic E-state index is 13.8. The number of amidine groups is 1. The van der Waals surface area contributed by atoms with Crippen molar-refractivity contribution in [2.45, 2.75) is 6.92 Å². The molecule has 1 aromatic heterocycles. The van der Waals surface area contributed by atoms with Crippen molar-refractivity contribution in [1.29, 1.82) is 0 Å². The van der Waals surface area contributed by atoms with Gasteiger partial charge >= 0.3 is 0 Å². The number of carbonyl (C=O) groups excluding carboxylic acids is 2. The Labute approximate surface area is 216 Å². The van der Waals surface area contributed by atoms with Gasteiger partial charge < -0.3 is 4.74 Å². The SMILES string of the molecule is Cc1cc(OCC(=O)NN2C(=O)/C(=C\c3ccccc3)N=C2c2ccccc2)nc2cc(Cl)c(F)cc12. The molecule has 7 nitrogen and oxygen atoms in total. The summed E-state index contributed by atoms with van der Waals surface area (Å²) in [6, 6.07) is 22.7. The van der Waals surface area contributed by atoms with Crippen LogP contribution in [0.1, 0.15) is 16.7 Å². The number of hydrazine groups is 1. The molecule has 1 N–H and O–H groups in total. The molecule has 3 aromatic carbocycles. The fourth-order valence-electron chi connectivity index (χ4n) is 3.84. The predicted octanol–water partition coefficient (Wildman–Crippen LogP) is 5.08. The lowest BCUT2D eigenvalue weighted by molar-refractivity contribution is -0.134. The molecule has 0 aliphatic carbocycles. The first-order chi connectivity index (χ1) is 17.9. The molecular formula is C28H20ClFN4O3. The van der Waals surface area contributed by atoms with Crippen molar-refractivity contribution in [1.82, 2.24) is 15.4 Å². The van der Waals surface area contributed by atoms with E-state index in [2.05, 4.69) is 15.4 Å². The second kappa shape index (κ2) is 10.2. The molecule has 0 atom stereocenters. The zero-order chi connectivity index (χ0) is 25.9. The van der Waals surface area contributed by atoms with Gasteiger partial charge in [0.15, 0.2) is 12.4 Å². The molecule has 0 fully saturated rings. The average Bonchev–Trinajstić information content (AvgIpc) is 3.20. The average molecular weight is 515 g/mol. The van der Waals surface area contributed by atoms with Crippen molar-refractivity contribution >= 4 is 46.2 Å². The van der Waals surface area contributed by atoms with Gasteiger partial charge in [0, 0.05) is 17.0 Å². The molecule has 37 heavy (non-hydrogen) atoms. The number of rotatable bonds is 6. The lowest BCUT2D eigenvalue weighted by Gasteiger charge is -2.19. The Balaban J connectivity index is 1.35. The molecule has 2 heterocycles. The van der Waals surface area contributed by atoms with Crippen LogP contribution in [-0.2, 0) is 9.59 Å². The van der Waals surface area contributed by atoms with Crippen molar-refractivity contribution in [3.05, 3.63) is 112 Å². The smallest absolute Gasteiger partial charge is 0.297 e. The molecule has 0 spiro atoms. The van der Waals surface area contributed by atoms with E-state index in [1.54, 1.807) is 31.2 Å². The Morgan fingerprint density at radius 3 is 2.51 bits per heavy atom. The minimum absolute atomic E-state index is 0.0612. The number of halogens is 2. The Bertz CT molecular complexity index is 1570. The van der Waals surface area contributed by atoms with Gasteiger partial charge in [0.25, 0.3) is 11.8 Å². The predicted molar refractivity (Wildman–Crippen MR) is 139 cm³/mol.